The number of piperazine rings is 1. The van der Waals surface area contributed by atoms with Gasteiger partial charge >= 0.3 is 16.4 Å². The summed E-state index contributed by atoms with van der Waals surface area (Å²) in [4.78, 5) is 28.2. The molecule has 124 valence electrons. The number of nitrogens with zero attached hydrogens (tertiary/aromatic N) is 2. The summed E-state index contributed by atoms with van der Waals surface area (Å²) in [7, 11) is 0. The monoisotopic (exact) mass is 346 g/mol. The second-order valence-corrected chi connectivity index (χ2v) is 9.08. The van der Waals surface area contributed by atoms with Gasteiger partial charge in [0, 0.05) is 25.2 Å². The Balaban J connectivity index is 1.87. The van der Waals surface area contributed by atoms with Crippen molar-refractivity contribution in [2.24, 2.45) is 0 Å². The molecule has 0 aromatic heterocycles. The largest absolute Gasteiger partial charge is 0.403 e. The van der Waals surface area contributed by atoms with Crippen LogP contribution >= 0.6 is 23.5 Å². The van der Waals surface area contributed by atoms with Crippen LogP contribution in [0.5, 0.6) is 0 Å². The normalized spacial score (nSPS) is 32.5. The maximum atomic E-state index is 11.7. The lowest BCUT2D eigenvalue weighted by molar-refractivity contribution is -0.193. The number of hydrogen-bond donors (Lipinski definition) is 0. The molecule has 0 aromatic rings. The highest BCUT2D eigenvalue weighted by atomic mass is 32.2. The van der Waals surface area contributed by atoms with Gasteiger partial charge in [0.25, 0.3) is 0 Å². The van der Waals surface area contributed by atoms with E-state index in [-0.39, 0.29) is 17.2 Å². The van der Waals surface area contributed by atoms with E-state index in [1.807, 2.05) is 0 Å². The number of carbonyl (C=O) groups excluding carboxylic acids is 2. The maximum absolute atomic E-state index is 11.7. The van der Waals surface area contributed by atoms with Crippen LogP contribution in [0.25, 0.3) is 0 Å². The molecular formula is C14H22N2O4S2. The summed E-state index contributed by atoms with van der Waals surface area (Å²) in [6, 6.07) is 0.778. The quantitative estimate of drug-likeness (QED) is 0.553. The van der Waals surface area contributed by atoms with Gasteiger partial charge in [-0.3, -0.25) is 19.4 Å². The number of hydrogen-bond acceptors (Lipinski definition) is 8. The van der Waals surface area contributed by atoms with E-state index in [1.54, 1.807) is 0 Å². The van der Waals surface area contributed by atoms with Gasteiger partial charge in [0.1, 0.15) is 6.42 Å². The summed E-state index contributed by atoms with van der Waals surface area (Å²) < 4.78 is 9.67. The Hall–Kier alpha value is -0.440. The highest BCUT2D eigenvalue weighted by Crippen LogP contribution is 2.58. The lowest BCUT2D eigenvalue weighted by Crippen LogP contribution is -2.58. The van der Waals surface area contributed by atoms with Gasteiger partial charge < -0.3 is 9.47 Å². The van der Waals surface area contributed by atoms with E-state index in [2.05, 4.69) is 37.5 Å². The zero-order valence-electron chi connectivity index (χ0n) is 13.3. The third-order valence-electron chi connectivity index (χ3n) is 4.14. The molecule has 3 heterocycles. The summed E-state index contributed by atoms with van der Waals surface area (Å²) in [6.45, 7) is 10.6. The fraction of sp³-hybridized carbons (Fsp3) is 0.857. The second-order valence-electron chi connectivity index (χ2n) is 6.30. The molecule has 0 aromatic carbocycles. The van der Waals surface area contributed by atoms with Crippen molar-refractivity contribution in [1.29, 1.82) is 0 Å². The number of ether oxygens (including phenoxy) is 2. The molecule has 0 saturated carbocycles. The molecule has 3 aliphatic heterocycles. The lowest BCUT2D eigenvalue weighted by Gasteiger charge is -2.46. The number of fused-ring (bicyclic) bond motifs is 1. The van der Waals surface area contributed by atoms with Gasteiger partial charge in [0.15, 0.2) is 0 Å². The van der Waals surface area contributed by atoms with Crippen molar-refractivity contribution in [2.75, 3.05) is 13.1 Å². The predicted molar refractivity (Wildman–Crippen MR) is 86.0 cm³/mol. The molecule has 8 heteroatoms. The van der Waals surface area contributed by atoms with Crippen molar-refractivity contribution >= 4 is 35.5 Å². The molecule has 3 saturated heterocycles. The average molecular weight is 346 g/mol. The van der Waals surface area contributed by atoms with Crippen molar-refractivity contribution < 1.29 is 19.1 Å². The Labute approximate surface area is 139 Å². The molecule has 1 spiro atoms. The maximum Gasteiger partial charge on any atom is 0.361 e. The first-order valence-corrected chi connectivity index (χ1v) is 9.38. The van der Waals surface area contributed by atoms with Crippen LogP contribution < -0.4 is 0 Å². The molecule has 0 N–H and O–H groups in total. The fourth-order valence-corrected chi connectivity index (χ4v) is 6.90. The molecule has 0 amide bonds. The average Bonchev–Trinajstić information content (AvgIpc) is 2.72. The Kier molecular flexibility index (Phi) is 4.39. The van der Waals surface area contributed by atoms with Crippen molar-refractivity contribution in [1.82, 2.24) is 9.80 Å². The molecular weight excluding hydrogens is 324 g/mol. The minimum atomic E-state index is -1.22. The summed E-state index contributed by atoms with van der Waals surface area (Å²) in [5.41, 5.74) is 0. The van der Waals surface area contributed by atoms with Crippen LogP contribution in [0.1, 0.15) is 34.1 Å². The van der Waals surface area contributed by atoms with E-state index >= 15 is 0 Å². The third-order valence-corrected chi connectivity index (χ3v) is 7.34. The summed E-state index contributed by atoms with van der Waals surface area (Å²) >= 11 is 2.89. The van der Waals surface area contributed by atoms with Crippen molar-refractivity contribution in [3.8, 4) is 0 Å². The summed E-state index contributed by atoms with van der Waals surface area (Å²) in [5.74, 6) is -0.996. The highest BCUT2D eigenvalue weighted by molar-refractivity contribution is 8.21. The smallest absolute Gasteiger partial charge is 0.361 e. The predicted octanol–water partition coefficient (Wildman–Crippen LogP) is 1.65. The Morgan fingerprint density at radius 2 is 1.36 bits per heavy atom. The van der Waals surface area contributed by atoms with Gasteiger partial charge in [-0.2, -0.15) is 0 Å². The zero-order chi connectivity index (χ0) is 16.1. The van der Waals surface area contributed by atoms with Crippen LogP contribution in [0.15, 0.2) is 0 Å². The topological polar surface area (TPSA) is 59.1 Å². The Morgan fingerprint density at radius 1 is 0.955 bits per heavy atom. The van der Waals surface area contributed by atoms with E-state index in [0.717, 1.165) is 13.1 Å². The van der Waals surface area contributed by atoms with Crippen LogP contribution in [0, 0.1) is 0 Å². The molecule has 6 nitrogen and oxygen atoms in total. The van der Waals surface area contributed by atoms with E-state index in [9.17, 15) is 9.59 Å². The van der Waals surface area contributed by atoms with E-state index in [4.69, 9.17) is 9.47 Å². The van der Waals surface area contributed by atoms with E-state index < -0.39 is 16.4 Å². The Morgan fingerprint density at radius 3 is 1.73 bits per heavy atom. The molecule has 3 rings (SSSR count). The van der Waals surface area contributed by atoms with Gasteiger partial charge in [-0.05, 0) is 51.2 Å². The molecule has 3 aliphatic rings. The van der Waals surface area contributed by atoms with Crippen molar-refractivity contribution in [2.45, 2.75) is 61.4 Å². The lowest BCUT2D eigenvalue weighted by atomic mass is 10.2. The SMILES string of the molecule is CC(C)N1CCN(C(C)C)C2SC3(OC(=O)CC(=O)O3)SC21. The minimum absolute atomic E-state index is 0.139. The molecule has 0 radical (unpaired) electrons. The molecule has 2 atom stereocenters. The summed E-state index contributed by atoms with van der Waals surface area (Å²) in [6.07, 6.45) is -0.292. The van der Waals surface area contributed by atoms with Gasteiger partial charge in [-0.1, -0.05) is 0 Å². The van der Waals surface area contributed by atoms with Crippen molar-refractivity contribution in [3.05, 3.63) is 0 Å². The molecule has 0 bridgehead atoms. The van der Waals surface area contributed by atoms with Crippen LogP contribution in [0.2, 0.25) is 0 Å². The first-order valence-electron chi connectivity index (χ1n) is 7.62. The molecule has 0 aliphatic carbocycles. The Bertz CT molecular complexity index is 443. The zero-order valence-corrected chi connectivity index (χ0v) is 14.9. The number of thioether (sulfide) groups is 2. The van der Waals surface area contributed by atoms with E-state index in [1.165, 1.54) is 23.5 Å². The van der Waals surface area contributed by atoms with Gasteiger partial charge in [-0.15, -0.1) is 0 Å². The molecule has 22 heavy (non-hydrogen) atoms. The van der Waals surface area contributed by atoms with Gasteiger partial charge in [0.2, 0.25) is 0 Å². The highest BCUT2D eigenvalue weighted by Gasteiger charge is 2.60. The van der Waals surface area contributed by atoms with Gasteiger partial charge in [0.05, 0.1) is 10.7 Å². The molecule has 2 unspecified atom stereocenters. The third kappa shape index (κ3) is 2.86. The van der Waals surface area contributed by atoms with Crippen LogP contribution in [-0.4, -0.2) is 62.1 Å². The van der Waals surface area contributed by atoms with Crippen LogP contribution in [-0.2, 0) is 19.1 Å². The minimum Gasteiger partial charge on any atom is -0.403 e. The second kappa shape index (κ2) is 5.89. The number of esters is 2. The van der Waals surface area contributed by atoms with Crippen molar-refractivity contribution in [3.63, 3.8) is 0 Å². The standard InChI is InChI=1S/C14H22N2O4S2/c1-8(2)15-5-6-16(9(3)4)13-12(15)21-14(22-13)19-10(17)7-11(18)20-14/h8-9,12-13H,5-7H2,1-4H3. The van der Waals surface area contributed by atoms with Gasteiger partial charge in [-0.25, -0.2) is 0 Å². The fourth-order valence-electron chi connectivity index (χ4n) is 3.08. The number of carbonyl (C=O) groups is 2. The van der Waals surface area contributed by atoms with Crippen LogP contribution in [0.4, 0.5) is 0 Å². The van der Waals surface area contributed by atoms with E-state index in [0.29, 0.717) is 12.1 Å². The molecule has 3 fully saturated rings. The first-order chi connectivity index (χ1) is 10.3. The first kappa shape index (κ1) is 16.4. The summed E-state index contributed by atoms with van der Waals surface area (Å²) in [5, 5.41) is 0.277. The number of rotatable bonds is 2. The van der Waals surface area contributed by atoms with Crippen LogP contribution in [0.3, 0.4) is 0 Å².